The molecule has 0 fully saturated rings. The highest BCUT2D eigenvalue weighted by molar-refractivity contribution is 7.15. The topological polar surface area (TPSA) is 38.9 Å². The lowest BCUT2D eigenvalue weighted by Gasteiger charge is -2.18. The third-order valence-electron chi connectivity index (χ3n) is 3.45. The summed E-state index contributed by atoms with van der Waals surface area (Å²) in [5.74, 6) is 0.194. The Kier molecular flexibility index (Phi) is 3.14. The summed E-state index contributed by atoms with van der Waals surface area (Å²) in [5.41, 5.74) is 7.97. The first-order chi connectivity index (χ1) is 8.78. The number of thiazole rings is 1. The summed E-state index contributed by atoms with van der Waals surface area (Å²) in [5, 5.41) is 0.986. The molecule has 18 heavy (non-hydrogen) atoms. The number of halogens is 1. The van der Waals surface area contributed by atoms with Crippen LogP contribution in [0.3, 0.4) is 0 Å². The zero-order valence-corrected chi connectivity index (χ0v) is 10.8. The van der Waals surface area contributed by atoms with Gasteiger partial charge in [-0.15, -0.1) is 11.3 Å². The van der Waals surface area contributed by atoms with Crippen LogP contribution in [0.5, 0.6) is 0 Å². The van der Waals surface area contributed by atoms with Gasteiger partial charge in [0, 0.05) is 22.9 Å². The molecule has 1 aromatic heterocycles. The molecule has 1 heterocycles. The van der Waals surface area contributed by atoms with Gasteiger partial charge < -0.3 is 5.73 Å². The number of hydrogen-bond donors (Lipinski definition) is 1. The summed E-state index contributed by atoms with van der Waals surface area (Å²) in [4.78, 5) is 6.08. The van der Waals surface area contributed by atoms with E-state index in [4.69, 9.17) is 10.7 Å². The van der Waals surface area contributed by atoms with Crippen LogP contribution in [0, 0.1) is 5.82 Å². The fraction of sp³-hybridized carbons (Fsp3) is 0.357. The van der Waals surface area contributed by atoms with Gasteiger partial charge >= 0.3 is 0 Å². The first-order valence-corrected chi connectivity index (χ1v) is 7.05. The Morgan fingerprint density at radius 2 is 2.11 bits per heavy atom. The van der Waals surface area contributed by atoms with Crippen LogP contribution in [-0.4, -0.2) is 11.5 Å². The minimum Gasteiger partial charge on any atom is -0.330 e. The molecule has 1 atom stereocenters. The van der Waals surface area contributed by atoms with Gasteiger partial charge in [0.2, 0.25) is 0 Å². The summed E-state index contributed by atoms with van der Waals surface area (Å²) in [6, 6.07) is 6.54. The molecule has 0 aliphatic heterocycles. The van der Waals surface area contributed by atoms with Crippen molar-refractivity contribution in [1.82, 2.24) is 4.98 Å². The summed E-state index contributed by atoms with van der Waals surface area (Å²) in [6.07, 6.45) is 3.43. The zero-order valence-electron chi connectivity index (χ0n) is 10.0. The van der Waals surface area contributed by atoms with E-state index in [2.05, 4.69) is 0 Å². The first-order valence-electron chi connectivity index (χ1n) is 6.23. The average Bonchev–Trinajstić information content (AvgIpc) is 2.83. The quantitative estimate of drug-likeness (QED) is 0.901. The van der Waals surface area contributed by atoms with Crippen molar-refractivity contribution in [1.29, 1.82) is 0 Å². The SMILES string of the molecule is NCC1CCCc2sc(-c3ccc(F)cc3)nc21. The number of rotatable bonds is 2. The van der Waals surface area contributed by atoms with Crippen LogP contribution in [0.25, 0.3) is 10.6 Å². The number of hydrogen-bond acceptors (Lipinski definition) is 3. The Morgan fingerprint density at radius 3 is 2.83 bits per heavy atom. The Bertz CT molecular complexity index is 547. The maximum absolute atomic E-state index is 12.9. The van der Waals surface area contributed by atoms with Gasteiger partial charge in [0.15, 0.2) is 0 Å². The van der Waals surface area contributed by atoms with E-state index in [0.29, 0.717) is 12.5 Å². The lowest BCUT2D eigenvalue weighted by Crippen LogP contribution is -2.17. The maximum atomic E-state index is 12.9. The molecule has 1 aliphatic carbocycles. The molecule has 0 saturated heterocycles. The molecule has 0 spiro atoms. The molecule has 94 valence electrons. The van der Waals surface area contributed by atoms with Gasteiger partial charge in [-0.3, -0.25) is 0 Å². The van der Waals surface area contributed by atoms with Crippen molar-refractivity contribution in [2.75, 3.05) is 6.54 Å². The number of aryl methyl sites for hydroxylation is 1. The third kappa shape index (κ3) is 2.06. The number of fused-ring (bicyclic) bond motifs is 1. The monoisotopic (exact) mass is 262 g/mol. The molecule has 0 amide bonds. The van der Waals surface area contributed by atoms with E-state index in [1.165, 1.54) is 29.1 Å². The van der Waals surface area contributed by atoms with E-state index in [-0.39, 0.29) is 5.82 Å². The predicted octanol–water partition coefficient (Wildman–Crippen LogP) is 3.33. The Labute approximate surface area is 110 Å². The van der Waals surface area contributed by atoms with Gasteiger partial charge in [-0.05, 0) is 43.5 Å². The summed E-state index contributed by atoms with van der Waals surface area (Å²) < 4.78 is 12.9. The molecule has 0 radical (unpaired) electrons. The fourth-order valence-corrected chi connectivity index (χ4v) is 3.65. The Hall–Kier alpha value is -1.26. The second-order valence-electron chi connectivity index (χ2n) is 4.66. The van der Waals surface area contributed by atoms with Gasteiger partial charge in [-0.25, -0.2) is 9.37 Å². The second-order valence-corrected chi connectivity index (χ2v) is 5.74. The summed E-state index contributed by atoms with van der Waals surface area (Å²) >= 11 is 1.72. The van der Waals surface area contributed by atoms with Crippen molar-refractivity contribution in [3.8, 4) is 10.6 Å². The standard InChI is InChI=1S/C14H15FN2S/c15-11-6-4-9(5-7-11)14-17-13-10(8-16)2-1-3-12(13)18-14/h4-7,10H,1-3,8,16H2. The molecule has 1 aromatic carbocycles. The van der Waals surface area contributed by atoms with Gasteiger partial charge in [0.1, 0.15) is 10.8 Å². The van der Waals surface area contributed by atoms with E-state index < -0.39 is 0 Å². The molecule has 1 unspecified atom stereocenters. The van der Waals surface area contributed by atoms with Crippen LogP contribution >= 0.6 is 11.3 Å². The Balaban J connectivity index is 1.99. The molecule has 2 aromatic rings. The van der Waals surface area contributed by atoms with Gasteiger partial charge in [-0.2, -0.15) is 0 Å². The van der Waals surface area contributed by atoms with Crippen LogP contribution in [-0.2, 0) is 6.42 Å². The van der Waals surface area contributed by atoms with Crippen LogP contribution in [0.1, 0.15) is 29.3 Å². The largest absolute Gasteiger partial charge is 0.330 e. The van der Waals surface area contributed by atoms with Crippen LogP contribution < -0.4 is 5.73 Å². The second kappa shape index (κ2) is 4.78. The highest BCUT2D eigenvalue weighted by Gasteiger charge is 2.23. The van der Waals surface area contributed by atoms with Crippen LogP contribution in [0.4, 0.5) is 4.39 Å². The lowest BCUT2D eigenvalue weighted by molar-refractivity contribution is 0.554. The fourth-order valence-electron chi connectivity index (χ4n) is 2.45. The predicted molar refractivity (Wildman–Crippen MR) is 72.2 cm³/mol. The zero-order chi connectivity index (χ0) is 12.5. The van der Waals surface area contributed by atoms with E-state index in [1.54, 1.807) is 23.5 Å². The molecule has 4 heteroatoms. The van der Waals surface area contributed by atoms with E-state index in [0.717, 1.165) is 23.4 Å². The maximum Gasteiger partial charge on any atom is 0.123 e. The van der Waals surface area contributed by atoms with Crippen LogP contribution in [0.15, 0.2) is 24.3 Å². The van der Waals surface area contributed by atoms with Gasteiger partial charge in [0.25, 0.3) is 0 Å². The van der Waals surface area contributed by atoms with Crippen molar-refractivity contribution >= 4 is 11.3 Å². The molecule has 1 aliphatic rings. The first kappa shape index (κ1) is 11.8. The van der Waals surface area contributed by atoms with Crippen molar-refractivity contribution < 1.29 is 4.39 Å². The summed E-state index contributed by atoms with van der Waals surface area (Å²) in [6.45, 7) is 0.666. The lowest BCUT2D eigenvalue weighted by atomic mass is 9.91. The summed E-state index contributed by atoms with van der Waals surface area (Å²) in [7, 11) is 0. The van der Waals surface area contributed by atoms with Crippen molar-refractivity contribution in [2.24, 2.45) is 5.73 Å². The number of aromatic nitrogens is 1. The van der Waals surface area contributed by atoms with Gasteiger partial charge in [0.05, 0.1) is 5.69 Å². The number of nitrogens with zero attached hydrogens (tertiary/aromatic N) is 1. The van der Waals surface area contributed by atoms with Crippen molar-refractivity contribution in [3.05, 3.63) is 40.7 Å². The molecule has 0 saturated carbocycles. The van der Waals surface area contributed by atoms with Crippen LogP contribution in [0.2, 0.25) is 0 Å². The molecule has 3 rings (SSSR count). The van der Waals surface area contributed by atoms with Crippen molar-refractivity contribution in [2.45, 2.75) is 25.2 Å². The smallest absolute Gasteiger partial charge is 0.123 e. The minimum absolute atomic E-state index is 0.208. The number of benzene rings is 1. The van der Waals surface area contributed by atoms with E-state index >= 15 is 0 Å². The highest BCUT2D eigenvalue weighted by Crippen LogP contribution is 2.37. The van der Waals surface area contributed by atoms with E-state index in [9.17, 15) is 4.39 Å². The third-order valence-corrected chi connectivity index (χ3v) is 4.63. The van der Waals surface area contributed by atoms with Gasteiger partial charge in [-0.1, -0.05) is 0 Å². The molecule has 2 N–H and O–H groups in total. The molecule has 0 bridgehead atoms. The molecular weight excluding hydrogens is 247 g/mol. The van der Waals surface area contributed by atoms with E-state index in [1.807, 2.05) is 0 Å². The molecule has 2 nitrogen and oxygen atoms in total. The number of nitrogens with two attached hydrogens (primary N) is 1. The highest BCUT2D eigenvalue weighted by atomic mass is 32.1. The molecular formula is C14H15FN2S. The average molecular weight is 262 g/mol. The Morgan fingerprint density at radius 1 is 1.33 bits per heavy atom. The van der Waals surface area contributed by atoms with Crippen molar-refractivity contribution in [3.63, 3.8) is 0 Å². The minimum atomic E-state index is -0.208. The normalized spacial score (nSPS) is 18.7.